The molecule has 176 valence electrons. The van der Waals surface area contributed by atoms with Gasteiger partial charge in [0.15, 0.2) is 0 Å². The van der Waals surface area contributed by atoms with Gasteiger partial charge in [0.1, 0.15) is 5.70 Å². The molecule has 4 heterocycles. The Labute approximate surface area is 191 Å². The molecule has 4 aliphatic heterocycles. The number of aliphatic hydroxyl groups excluding tert-OH is 1. The van der Waals surface area contributed by atoms with Crippen molar-refractivity contribution in [1.82, 2.24) is 20.0 Å². The number of carbonyl (C=O) groups excluding carboxylic acids is 2. The Morgan fingerprint density at radius 2 is 2.03 bits per heavy atom. The normalized spacial score (nSPS) is 33.7. The minimum absolute atomic E-state index is 0.0274. The lowest BCUT2D eigenvalue weighted by atomic mass is 9.79. The Bertz CT molecular complexity index is 848. The molecule has 5 unspecified atom stereocenters. The lowest BCUT2D eigenvalue weighted by Crippen LogP contribution is -2.63. The van der Waals surface area contributed by atoms with Gasteiger partial charge in [0.25, 0.3) is 0 Å². The zero-order valence-electron chi connectivity index (χ0n) is 18.4. The van der Waals surface area contributed by atoms with E-state index in [9.17, 15) is 24.6 Å². The van der Waals surface area contributed by atoms with Gasteiger partial charge >= 0.3 is 5.97 Å². The number of rotatable bonds is 6. The Morgan fingerprint density at radius 1 is 1.28 bits per heavy atom. The van der Waals surface area contributed by atoms with Crippen LogP contribution >= 0.6 is 11.8 Å². The molecule has 6 atom stereocenters. The van der Waals surface area contributed by atoms with E-state index in [-0.39, 0.29) is 40.8 Å². The SMILES string of the molecule is CC(O)C1C(=O)N2C(C(=O)O)=C(SC3CNC(C(=O)N4CCCN(C=N)CC4)C3)C(C)[C@@H]12. The maximum absolute atomic E-state index is 13.0. The van der Waals surface area contributed by atoms with E-state index in [1.54, 1.807) is 6.92 Å². The van der Waals surface area contributed by atoms with Gasteiger partial charge in [-0.3, -0.25) is 15.0 Å². The summed E-state index contributed by atoms with van der Waals surface area (Å²) in [6, 6.07) is -0.634. The van der Waals surface area contributed by atoms with E-state index in [1.807, 2.05) is 16.7 Å². The smallest absolute Gasteiger partial charge is 0.353 e. The number of carbonyl (C=O) groups is 3. The van der Waals surface area contributed by atoms with E-state index < -0.39 is 18.0 Å². The number of hydrogen-bond donors (Lipinski definition) is 4. The van der Waals surface area contributed by atoms with E-state index >= 15 is 0 Å². The Balaban J connectivity index is 1.42. The van der Waals surface area contributed by atoms with Gasteiger partial charge in [0, 0.05) is 48.8 Å². The third-order valence-corrected chi connectivity index (χ3v) is 8.53. The largest absolute Gasteiger partial charge is 0.477 e. The number of nitrogens with zero attached hydrogens (tertiary/aromatic N) is 3. The summed E-state index contributed by atoms with van der Waals surface area (Å²) in [6.45, 7) is 6.76. The average molecular weight is 466 g/mol. The summed E-state index contributed by atoms with van der Waals surface area (Å²) >= 11 is 1.45. The van der Waals surface area contributed by atoms with Crippen LogP contribution < -0.4 is 5.32 Å². The van der Waals surface area contributed by atoms with Crippen molar-refractivity contribution in [3.63, 3.8) is 0 Å². The fourth-order valence-electron chi connectivity index (χ4n) is 5.35. The molecule has 0 aromatic rings. The van der Waals surface area contributed by atoms with Crippen LogP contribution in [0.2, 0.25) is 0 Å². The molecule has 32 heavy (non-hydrogen) atoms. The molecular formula is C21H31N5O5S. The molecule has 4 rings (SSSR count). The molecule has 0 radical (unpaired) electrons. The van der Waals surface area contributed by atoms with Gasteiger partial charge in [-0.15, -0.1) is 11.8 Å². The quantitative estimate of drug-likeness (QED) is 0.239. The van der Waals surface area contributed by atoms with Crippen molar-refractivity contribution in [2.45, 2.75) is 50.1 Å². The minimum atomic E-state index is -1.13. The summed E-state index contributed by atoms with van der Waals surface area (Å²) in [5.74, 6) is -2.14. The van der Waals surface area contributed by atoms with Crippen LogP contribution in [0, 0.1) is 17.2 Å². The molecule has 0 spiro atoms. The molecule has 11 heteroatoms. The van der Waals surface area contributed by atoms with Crippen LogP contribution in [0.5, 0.6) is 0 Å². The number of carboxylic acids is 1. The van der Waals surface area contributed by atoms with Crippen molar-refractivity contribution in [2.24, 2.45) is 11.8 Å². The van der Waals surface area contributed by atoms with Crippen LogP contribution in [0.25, 0.3) is 0 Å². The number of thioether (sulfide) groups is 1. The van der Waals surface area contributed by atoms with Crippen LogP contribution in [0.15, 0.2) is 10.6 Å². The lowest BCUT2D eigenvalue weighted by molar-refractivity contribution is -0.163. The van der Waals surface area contributed by atoms with Gasteiger partial charge in [-0.05, 0) is 19.8 Å². The monoisotopic (exact) mass is 465 g/mol. The fraction of sp³-hybridized carbons (Fsp3) is 0.714. The predicted octanol–water partition coefficient (Wildman–Crippen LogP) is -0.255. The minimum Gasteiger partial charge on any atom is -0.477 e. The standard InChI is InChI=1S/C21H31N5O5S/c1-11-16-15(12(2)27)20(29)26(16)17(21(30)31)18(11)32-13-8-14(23-9-13)19(28)25-5-3-4-24(10-22)6-7-25/h10-16,22-23,27H,3-9H2,1-2H3,(H,30,31)/t11?,12?,13?,14?,15?,16-/m0/s1. The van der Waals surface area contributed by atoms with Crippen LogP contribution in [-0.2, 0) is 14.4 Å². The Kier molecular flexibility index (Phi) is 6.51. The molecule has 3 saturated heterocycles. The molecule has 2 amide bonds. The number of fused-ring (bicyclic) bond motifs is 1. The van der Waals surface area contributed by atoms with Crippen LogP contribution in [0.3, 0.4) is 0 Å². The molecule has 4 N–H and O–H groups in total. The van der Waals surface area contributed by atoms with Crippen molar-refractivity contribution in [2.75, 3.05) is 32.7 Å². The fourth-order valence-corrected chi connectivity index (χ4v) is 6.83. The summed E-state index contributed by atoms with van der Waals surface area (Å²) in [6.07, 6.45) is 1.92. The second-order valence-corrected chi connectivity index (χ2v) is 10.4. The van der Waals surface area contributed by atoms with Crippen LogP contribution in [0.4, 0.5) is 0 Å². The Morgan fingerprint density at radius 3 is 2.69 bits per heavy atom. The van der Waals surface area contributed by atoms with E-state index in [4.69, 9.17) is 5.41 Å². The van der Waals surface area contributed by atoms with Gasteiger partial charge in [0.2, 0.25) is 11.8 Å². The number of carboxylic acid groups (broad SMARTS) is 1. The third kappa shape index (κ3) is 3.90. The molecule has 0 aliphatic carbocycles. The lowest BCUT2D eigenvalue weighted by Gasteiger charge is -2.46. The van der Waals surface area contributed by atoms with E-state index in [0.717, 1.165) is 13.0 Å². The van der Waals surface area contributed by atoms with E-state index in [0.29, 0.717) is 37.5 Å². The number of aliphatic carboxylic acids is 1. The second-order valence-electron chi connectivity index (χ2n) is 9.05. The summed E-state index contributed by atoms with van der Waals surface area (Å²) in [5, 5.41) is 30.5. The molecule has 0 saturated carbocycles. The molecule has 0 aromatic carbocycles. The topological polar surface area (TPSA) is 137 Å². The molecule has 3 fully saturated rings. The highest BCUT2D eigenvalue weighted by Crippen LogP contribution is 2.51. The van der Waals surface area contributed by atoms with Crippen molar-refractivity contribution >= 4 is 35.9 Å². The van der Waals surface area contributed by atoms with E-state index in [2.05, 4.69) is 5.32 Å². The maximum Gasteiger partial charge on any atom is 0.353 e. The molecule has 4 aliphatic rings. The van der Waals surface area contributed by atoms with Crippen molar-refractivity contribution < 1.29 is 24.6 Å². The van der Waals surface area contributed by atoms with Gasteiger partial charge in [-0.1, -0.05) is 6.92 Å². The van der Waals surface area contributed by atoms with Crippen LogP contribution in [-0.4, -0.2) is 105 Å². The zero-order chi connectivity index (χ0) is 23.2. The highest BCUT2D eigenvalue weighted by atomic mass is 32.2. The van der Waals surface area contributed by atoms with Gasteiger partial charge < -0.3 is 30.2 Å². The first-order valence-corrected chi connectivity index (χ1v) is 12.0. The number of nitrogens with one attached hydrogen (secondary N) is 2. The summed E-state index contributed by atoms with van der Waals surface area (Å²) < 4.78 is 0. The van der Waals surface area contributed by atoms with Gasteiger partial charge in [0.05, 0.1) is 30.4 Å². The predicted molar refractivity (Wildman–Crippen MR) is 119 cm³/mol. The van der Waals surface area contributed by atoms with Gasteiger partial charge in [-0.25, -0.2) is 4.79 Å². The maximum atomic E-state index is 13.0. The third-order valence-electron chi connectivity index (χ3n) is 7.02. The average Bonchev–Trinajstić information content (AvgIpc) is 3.19. The van der Waals surface area contributed by atoms with E-state index in [1.165, 1.54) is 23.0 Å². The highest BCUT2D eigenvalue weighted by Gasteiger charge is 2.60. The first kappa shape index (κ1) is 23.1. The number of aliphatic hydroxyl groups is 1. The van der Waals surface area contributed by atoms with Crippen molar-refractivity contribution in [3.05, 3.63) is 10.6 Å². The second kappa shape index (κ2) is 9.03. The van der Waals surface area contributed by atoms with Gasteiger partial charge in [-0.2, -0.15) is 0 Å². The molecule has 0 aromatic heterocycles. The number of amides is 2. The molecule has 0 bridgehead atoms. The summed E-state index contributed by atoms with van der Waals surface area (Å²) in [7, 11) is 0. The number of hydrogen-bond acceptors (Lipinski definition) is 7. The Hall–Kier alpha value is -2.11. The summed E-state index contributed by atoms with van der Waals surface area (Å²) in [5.41, 5.74) is 0.0310. The molecule has 10 nitrogen and oxygen atoms in total. The first-order chi connectivity index (χ1) is 15.2. The van der Waals surface area contributed by atoms with Crippen molar-refractivity contribution in [1.29, 1.82) is 5.41 Å². The highest BCUT2D eigenvalue weighted by molar-refractivity contribution is 8.03. The first-order valence-electron chi connectivity index (χ1n) is 11.2. The molecular weight excluding hydrogens is 434 g/mol. The zero-order valence-corrected chi connectivity index (χ0v) is 19.2. The summed E-state index contributed by atoms with van der Waals surface area (Å²) in [4.78, 5) is 43.3. The van der Waals surface area contributed by atoms with Crippen molar-refractivity contribution in [3.8, 4) is 0 Å². The number of β-lactam (4-membered cyclic amide) rings is 1. The van der Waals surface area contributed by atoms with Crippen LogP contribution in [0.1, 0.15) is 26.7 Å².